The number of hydrogen-bond donors (Lipinski definition) is 3. The number of hydrogen-bond acceptors (Lipinski definition) is 5. The number of pyridine rings is 2. The first-order valence-corrected chi connectivity index (χ1v) is 15.9. The third-order valence-corrected chi connectivity index (χ3v) is 8.87. The minimum atomic E-state index is -4.56. The van der Waals surface area contributed by atoms with Gasteiger partial charge < -0.3 is 16.4 Å². The van der Waals surface area contributed by atoms with Crippen LogP contribution in [0.5, 0.6) is 0 Å². The lowest BCUT2D eigenvalue weighted by molar-refractivity contribution is -0.138. The van der Waals surface area contributed by atoms with Gasteiger partial charge in [0.15, 0.2) is 0 Å². The first-order chi connectivity index (χ1) is 23.7. The van der Waals surface area contributed by atoms with Crippen LogP contribution in [-0.4, -0.2) is 39.9 Å². The molecular weight excluding hydrogens is 660 g/mol. The van der Waals surface area contributed by atoms with E-state index in [4.69, 9.17) is 5.73 Å². The van der Waals surface area contributed by atoms with Crippen LogP contribution < -0.4 is 16.4 Å². The number of halogens is 6. The van der Waals surface area contributed by atoms with E-state index in [1.165, 1.54) is 24.3 Å². The number of carbonyl (C=O) groups excluding carboxylic acids is 2. The van der Waals surface area contributed by atoms with Crippen molar-refractivity contribution in [1.29, 1.82) is 0 Å². The summed E-state index contributed by atoms with van der Waals surface area (Å²) in [5, 5.41) is 7.92. The predicted molar refractivity (Wildman–Crippen MR) is 180 cm³/mol. The monoisotopic (exact) mass is 691 g/mol. The molecule has 0 saturated heterocycles. The van der Waals surface area contributed by atoms with Gasteiger partial charge in [-0.3, -0.25) is 9.59 Å². The molecule has 7 nitrogen and oxygen atoms in total. The molecular formula is C37H31F6N5O2. The van der Waals surface area contributed by atoms with Crippen molar-refractivity contribution in [2.24, 2.45) is 5.73 Å². The van der Waals surface area contributed by atoms with Gasteiger partial charge in [0, 0.05) is 39.7 Å². The van der Waals surface area contributed by atoms with Crippen molar-refractivity contribution in [1.82, 2.24) is 20.6 Å². The Morgan fingerprint density at radius 3 is 1.38 bits per heavy atom. The summed E-state index contributed by atoms with van der Waals surface area (Å²) in [6.45, 7) is 3.61. The lowest BCUT2D eigenvalue weighted by atomic mass is 9.95. The Balaban J connectivity index is 1.25. The van der Waals surface area contributed by atoms with Gasteiger partial charge in [-0.15, -0.1) is 0 Å². The summed E-state index contributed by atoms with van der Waals surface area (Å²) in [5.41, 5.74) is 5.84. The van der Waals surface area contributed by atoms with Gasteiger partial charge >= 0.3 is 12.4 Å². The van der Waals surface area contributed by atoms with Gasteiger partial charge in [0.05, 0.1) is 44.3 Å². The summed E-state index contributed by atoms with van der Waals surface area (Å²) in [7, 11) is 0. The summed E-state index contributed by atoms with van der Waals surface area (Å²) < 4.78 is 80.2. The molecule has 13 heteroatoms. The molecule has 6 rings (SSSR count). The second kappa shape index (κ2) is 13.2. The molecule has 0 aliphatic carbocycles. The van der Waals surface area contributed by atoms with Crippen LogP contribution in [-0.2, 0) is 12.4 Å². The minimum absolute atomic E-state index is 0.0850. The molecule has 2 heterocycles. The topological polar surface area (TPSA) is 110 Å². The zero-order valence-electron chi connectivity index (χ0n) is 26.8. The van der Waals surface area contributed by atoms with Crippen LogP contribution in [0.1, 0.15) is 58.5 Å². The summed E-state index contributed by atoms with van der Waals surface area (Å²) >= 11 is 0. The maximum absolute atomic E-state index is 13.6. The van der Waals surface area contributed by atoms with E-state index >= 15 is 0 Å². The van der Waals surface area contributed by atoms with E-state index in [2.05, 4.69) is 20.6 Å². The Morgan fingerprint density at radius 1 is 0.620 bits per heavy atom. The lowest BCUT2D eigenvalue weighted by Gasteiger charge is -2.31. The fourth-order valence-corrected chi connectivity index (χ4v) is 6.14. The number of nitrogens with one attached hydrogen (secondary N) is 2. The predicted octanol–water partition coefficient (Wildman–Crippen LogP) is 8.17. The van der Waals surface area contributed by atoms with E-state index < -0.39 is 53.4 Å². The maximum Gasteiger partial charge on any atom is 0.416 e. The van der Waals surface area contributed by atoms with Crippen LogP contribution in [0.25, 0.3) is 43.6 Å². The highest BCUT2D eigenvalue weighted by atomic mass is 19.4. The van der Waals surface area contributed by atoms with Crippen LogP contribution in [0.2, 0.25) is 0 Å². The molecule has 258 valence electrons. The molecule has 0 radical (unpaired) electrons. The van der Waals surface area contributed by atoms with Crippen LogP contribution in [0.3, 0.4) is 0 Å². The van der Waals surface area contributed by atoms with Crippen molar-refractivity contribution in [3.8, 4) is 0 Å². The smallest absolute Gasteiger partial charge is 0.348 e. The van der Waals surface area contributed by atoms with Crippen molar-refractivity contribution in [2.75, 3.05) is 0 Å². The number of aromatic nitrogens is 2. The quantitative estimate of drug-likeness (QED) is 0.110. The first-order valence-electron chi connectivity index (χ1n) is 15.9. The van der Waals surface area contributed by atoms with Crippen molar-refractivity contribution in [2.45, 2.75) is 57.2 Å². The number of nitrogens with zero attached hydrogens (tertiary/aromatic N) is 2. The largest absolute Gasteiger partial charge is 0.416 e. The molecule has 50 heavy (non-hydrogen) atoms. The number of carbonyl (C=O) groups is 2. The second-order valence-corrected chi connectivity index (χ2v) is 12.1. The summed E-state index contributed by atoms with van der Waals surface area (Å²) in [5.74, 6) is -1.08. The molecule has 4 N–H and O–H groups in total. The Hall–Kier alpha value is -5.30. The molecule has 0 saturated carbocycles. The molecule has 4 aromatic carbocycles. The highest BCUT2D eigenvalue weighted by Gasteiger charge is 2.32. The standard InChI is InChI=1S/C37H31F6N5O2/c1-3-27(47-34(49)25-9-5-7-21-15-19-11-13-23(36(38,39)40)17-29(19)45-32(21)25)31(44)28(4-2)48-35(50)26-10-6-8-22-16-20-12-14-24(37(41,42)43)18-30(20)46-33(22)26/h5-18,27-28,31H,3-4,44H2,1-2H3,(H,47,49)(H,48,50). The number of amides is 2. The highest BCUT2D eigenvalue weighted by molar-refractivity contribution is 6.09. The number of fused-ring (bicyclic) bond motifs is 4. The molecule has 2 atom stereocenters. The minimum Gasteiger partial charge on any atom is -0.348 e. The van der Waals surface area contributed by atoms with E-state index in [0.717, 1.165) is 24.3 Å². The summed E-state index contributed by atoms with van der Waals surface area (Å²) in [6, 6.07) is 17.5. The average Bonchev–Trinajstić information content (AvgIpc) is 3.08. The van der Waals surface area contributed by atoms with Gasteiger partial charge in [0.1, 0.15) is 0 Å². The third-order valence-electron chi connectivity index (χ3n) is 8.87. The fraction of sp³-hybridized carbons (Fsp3) is 0.243. The highest BCUT2D eigenvalue weighted by Crippen LogP contribution is 2.34. The zero-order valence-corrected chi connectivity index (χ0v) is 26.8. The van der Waals surface area contributed by atoms with Gasteiger partial charge in [-0.25, -0.2) is 9.97 Å². The number of nitrogens with two attached hydrogens (primary N) is 1. The Kier molecular flexibility index (Phi) is 9.12. The normalized spacial score (nSPS) is 14.2. The van der Waals surface area contributed by atoms with Gasteiger partial charge in [-0.2, -0.15) is 26.3 Å². The van der Waals surface area contributed by atoms with E-state index in [0.29, 0.717) is 34.4 Å². The van der Waals surface area contributed by atoms with Gasteiger partial charge in [-0.05, 0) is 61.4 Å². The molecule has 2 amide bonds. The number of benzene rings is 4. The molecule has 0 aliphatic heterocycles. The molecule has 0 aliphatic rings. The molecule has 0 bridgehead atoms. The SMILES string of the molecule is CCC(NC(=O)c1cccc2cc3ccc(C(F)(F)F)cc3nc12)C(N)C(CC)NC(=O)c1cccc2cc3ccc(C(F)(F)F)cc3nc12. The van der Waals surface area contributed by atoms with E-state index in [1.807, 2.05) is 13.8 Å². The van der Waals surface area contributed by atoms with E-state index in [9.17, 15) is 35.9 Å². The average molecular weight is 692 g/mol. The number of alkyl halides is 6. The molecule has 0 fully saturated rings. The van der Waals surface area contributed by atoms with Gasteiger partial charge in [-0.1, -0.05) is 50.2 Å². The van der Waals surface area contributed by atoms with E-state index in [-0.39, 0.29) is 33.2 Å². The maximum atomic E-state index is 13.6. The number of rotatable bonds is 8. The van der Waals surface area contributed by atoms with Crippen LogP contribution in [0.15, 0.2) is 84.9 Å². The molecule has 6 aromatic rings. The molecule has 2 unspecified atom stereocenters. The van der Waals surface area contributed by atoms with Crippen LogP contribution >= 0.6 is 0 Å². The van der Waals surface area contributed by atoms with E-state index in [1.54, 1.807) is 36.4 Å². The van der Waals surface area contributed by atoms with Crippen LogP contribution in [0.4, 0.5) is 26.3 Å². The van der Waals surface area contributed by atoms with Crippen molar-refractivity contribution >= 4 is 55.4 Å². The first kappa shape index (κ1) is 34.6. The van der Waals surface area contributed by atoms with Gasteiger partial charge in [0.25, 0.3) is 11.8 Å². The zero-order chi connectivity index (χ0) is 36.0. The van der Waals surface area contributed by atoms with Crippen molar-refractivity contribution in [3.63, 3.8) is 0 Å². The van der Waals surface area contributed by atoms with Crippen LogP contribution in [0, 0.1) is 0 Å². The third kappa shape index (κ3) is 6.77. The van der Waals surface area contributed by atoms with Crippen molar-refractivity contribution < 1.29 is 35.9 Å². The lowest BCUT2D eigenvalue weighted by Crippen LogP contribution is -2.58. The van der Waals surface area contributed by atoms with Gasteiger partial charge in [0.2, 0.25) is 0 Å². The number of para-hydroxylation sites is 2. The summed E-state index contributed by atoms with van der Waals surface area (Å²) in [6.07, 6.45) is -8.37. The Bertz CT molecular complexity index is 2110. The second-order valence-electron chi connectivity index (χ2n) is 12.1. The fourth-order valence-electron chi connectivity index (χ4n) is 6.14. The van der Waals surface area contributed by atoms with Crippen molar-refractivity contribution in [3.05, 3.63) is 107 Å². The molecule has 2 aromatic heterocycles. The Labute approximate surface area is 281 Å². The molecule has 0 spiro atoms. The summed E-state index contributed by atoms with van der Waals surface area (Å²) in [4.78, 5) is 36.1. The Morgan fingerprint density at radius 2 is 1.02 bits per heavy atom.